The molecule has 4 N–H and O–H groups in total. The van der Waals surface area contributed by atoms with Gasteiger partial charge in [0.1, 0.15) is 18.6 Å². The number of tetrazole rings is 1. The number of aliphatic carboxylic acids is 1. The molecule has 1 unspecified atom stereocenters. The lowest BCUT2D eigenvalue weighted by atomic mass is 9.73. The van der Waals surface area contributed by atoms with Crippen LogP contribution in [0.4, 0.5) is 0 Å². The number of Topliss-reactive ketones (excluding diaryl/α,β-unsaturated/α-hetero) is 1. The Labute approximate surface area is 236 Å². The van der Waals surface area contributed by atoms with Crippen molar-refractivity contribution in [1.82, 2.24) is 35.3 Å². The van der Waals surface area contributed by atoms with Gasteiger partial charge in [0.05, 0.1) is 18.0 Å². The average Bonchev–Trinajstić information content (AvgIpc) is 3.66. The van der Waals surface area contributed by atoms with Crippen LogP contribution >= 0.6 is 11.8 Å². The standard InChI is InChI=1S/C26H36N8O5S/c1-12(5-16(35)10-33-11-29-30-31-33)19-21-13(2)23(22(26(38)39)34(21)25(19)37)40-17-6-18(28-7-17)24(36)32-8-14-3-4-15(9-32)20(14)27/h11-15,17-21,28H,3-10,27H2,1-2H3,(H,38,39)/t12-,13+,14-,15+,17-,18-,19+,20?,21+/m0/s1. The Morgan fingerprint density at radius 1 is 1.25 bits per heavy atom. The number of rotatable bonds is 9. The van der Waals surface area contributed by atoms with E-state index >= 15 is 0 Å². The SMILES string of the molecule is C[C@@H](CC(=O)Cn1cnnn1)[C@H]1C(=O)N2C(C(=O)O)=C(S[C@@H]3CN[C@H](C(=O)N4C[C@H]5CC[C@@H](C4)C5N)C3)[C@H](C)[C@H]12. The Kier molecular flexibility index (Phi) is 7.20. The molecule has 1 aromatic rings. The zero-order valence-electron chi connectivity index (χ0n) is 22.7. The van der Waals surface area contributed by atoms with Gasteiger partial charge >= 0.3 is 5.97 Å². The molecule has 2 amide bonds. The zero-order chi connectivity index (χ0) is 28.3. The first-order valence-corrected chi connectivity index (χ1v) is 15.0. The summed E-state index contributed by atoms with van der Waals surface area (Å²) in [4.78, 5) is 55.5. The first-order valence-electron chi connectivity index (χ1n) is 14.1. The molecule has 13 nitrogen and oxygen atoms in total. The highest BCUT2D eigenvalue weighted by atomic mass is 32.2. The molecule has 40 heavy (non-hydrogen) atoms. The first kappa shape index (κ1) is 27.3. The van der Waals surface area contributed by atoms with Gasteiger partial charge in [-0.25, -0.2) is 9.48 Å². The Hall–Kier alpha value is -2.84. The van der Waals surface area contributed by atoms with Crippen LogP contribution < -0.4 is 11.1 Å². The Morgan fingerprint density at radius 3 is 2.62 bits per heavy atom. The van der Waals surface area contributed by atoms with Crippen molar-refractivity contribution < 1.29 is 24.3 Å². The fraction of sp³-hybridized carbons (Fsp3) is 0.731. The molecule has 1 aromatic heterocycles. The number of hydrogen-bond donors (Lipinski definition) is 3. The van der Waals surface area contributed by atoms with Gasteiger partial charge in [-0.3, -0.25) is 14.4 Å². The largest absolute Gasteiger partial charge is 0.477 e. The number of amides is 2. The van der Waals surface area contributed by atoms with Gasteiger partial charge in [0.2, 0.25) is 11.8 Å². The number of nitrogens with zero attached hydrogens (tertiary/aromatic N) is 6. The average molecular weight is 573 g/mol. The minimum absolute atomic E-state index is 0.0204. The van der Waals surface area contributed by atoms with Crippen LogP contribution in [-0.2, 0) is 25.7 Å². The van der Waals surface area contributed by atoms with Gasteiger partial charge in [-0.05, 0) is 47.4 Å². The third-order valence-electron chi connectivity index (χ3n) is 9.58. The van der Waals surface area contributed by atoms with E-state index in [1.54, 1.807) is 0 Å². The van der Waals surface area contributed by atoms with Crippen molar-refractivity contribution >= 4 is 35.3 Å². The Balaban J connectivity index is 1.09. The van der Waals surface area contributed by atoms with Crippen molar-refractivity contribution in [3.63, 3.8) is 0 Å². The van der Waals surface area contributed by atoms with Crippen LogP contribution in [0.2, 0.25) is 0 Å². The highest BCUT2D eigenvalue weighted by molar-refractivity contribution is 8.03. The number of piperidine rings is 1. The number of hydrogen-bond acceptors (Lipinski definition) is 10. The summed E-state index contributed by atoms with van der Waals surface area (Å²) in [5.41, 5.74) is 6.37. The lowest BCUT2D eigenvalue weighted by Crippen LogP contribution is -2.62. The number of nitrogens with two attached hydrogens (primary N) is 1. The fourth-order valence-electron chi connectivity index (χ4n) is 7.58. The van der Waals surface area contributed by atoms with E-state index in [9.17, 15) is 24.3 Å². The molecule has 4 fully saturated rings. The number of β-lactam (4-membered cyclic amide) rings is 1. The number of nitrogens with one attached hydrogen (secondary N) is 1. The van der Waals surface area contributed by atoms with Gasteiger partial charge in [-0.2, -0.15) is 0 Å². The van der Waals surface area contributed by atoms with Gasteiger partial charge in [0.25, 0.3) is 0 Å². The molecule has 9 atom stereocenters. The van der Waals surface area contributed by atoms with Crippen molar-refractivity contribution in [2.24, 2.45) is 35.3 Å². The molecule has 0 radical (unpaired) electrons. The summed E-state index contributed by atoms with van der Waals surface area (Å²) in [6.45, 7) is 5.88. The number of fused-ring (bicyclic) bond motifs is 3. The Morgan fingerprint density at radius 2 is 1.98 bits per heavy atom. The van der Waals surface area contributed by atoms with Crippen molar-refractivity contribution in [3.8, 4) is 0 Å². The quantitative estimate of drug-likeness (QED) is 0.331. The third kappa shape index (κ3) is 4.63. The smallest absolute Gasteiger partial charge is 0.353 e. The molecule has 14 heteroatoms. The second-order valence-electron chi connectivity index (χ2n) is 12.1. The predicted molar refractivity (Wildman–Crippen MR) is 143 cm³/mol. The second-order valence-corrected chi connectivity index (χ2v) is 13.5. The molecule has 216 valence electrons. The topological polar surface area (TPSA) is 177 Å². The molecule has 3 saturated heterocycles. The monoisotopic (exact) mass is 572 g/mol. The number of carboxylic acid groups (broad SMARTS) is 1. The summed E-state index contributed by atoms with van der Waals surface area (Å²) in [6, 6.07) is -0.399. The number of aromatic nitrogens is 4. The van der Waals surface area contributed by atoms with E-state index in [2.05, 4.69) is 20.8 Å². The molecule has 4 aliphatic heterocycles. The van der Waals surface area contributed by atoms with Gasteiger partial charge in [0, 0.05) is 48.2 Å². The van der Waals surface area contributed by atoms with Crippen LogP contribution in [0.25, 0.3) is 0 Å². The molecular formula is C26H36N8O5S. The maximum atomic E-state index is 13.3. The lowest BCUT2D eigenvalue weighted by Gasteiger charge is -2.47. The molecule has 6 rings (SSSR count). The van der Waals surface area contributed by atoms with E-state index in [1.165, 1.54) is 27.7 Å². The third-order valence-corrected chi connectivity index (χ3v) is 11.1. The maximum absolute atomic E-state index is 13.3. The van der Waals surface area contributed by atoms with Crippen LogP contribution in [0, 0.1) is 29.6 Å². The van der Waals surface area contributed by atoms with E-state index < -0.39 is 11.9 Å². The van der Waals surface area contributed by atoms with E-state index in [1.807, 2.05) is 18.7 Å². The number of ketones is 1. The van der Waals surface area contributed by atoms with Crippen LogP contribution in [0.5, 0.6) is 0 Å². The highest BCUT2D eigenvalue weighted by Gasteiger charge is 2.60. The van der Waals surface area contributed by atoms with Crippen molar-refractivity contribution in [3.05, 3.63) is 16.9 Å². The van der Waals surface area contributed by atoms with Crippen molar-refractivity contribution in [1.29, 1.82) is 0 Å². The molecule has 5 heterocycles. The van der Waals surface area contributed by atoms with Crippen LogP contribution in [-0.4, -0.2) is 102 Å². The van der Waals surface area contributed by atoms with Crippen molar-refractivity contribution in [2.45, 2.75) is 69.5 Å². The molecule has 1 aliphatic carbocycles. The molecular weight excluding hydrogens is 536 g/mol. The summed E-state index contributed by atoms with van der Waals surface area (Å²) in [5, 5.41) is 24.3. The van der Waals surface area contributed by atoms with Crippen molar-refractivity contribution in [2.75, 3.05) is 19.6 Å². The predicted octanol–water partition coefficient (Wildman–Crippen LogP) is -0.299. The second kappa shape index (κ2) is 10.5. The number of likely N-dealkylation sites (tertiary alicyclic amines) is 1. The normalized spacial score (nSPS) is 35.6. The van der Waals surface area contributed by atoms with E-state index in [0.29, 0.717) is 42.8 Å². The molecule has 2 bridgehead atoms. The first-order chi connectivity index (χ1) is 19.1. The zero-order valence-corrected chi connectivity index (χ0v) is 23.5. The summed E-state index contributed by atoms with van der Waals surface area (Å²) in [7, 11) is 0. The van der Waals surface area contributed by atoms with Gasteiger partial charge in [-0.15, -0.1) is 16.9 Å². The van der Waals surface area contributed by atoms with E-state index in [4.69, 9.17) is 5.73 Å². The fourth-order valence-corrected chi connectivity index (χ4v) is 9.06. The Bertz CT molecular complexity index is 1230. The lowest BCUT2D eigenvalue weighted by molar-refractivity contribution is -0.160. The molecule has 0 aromatic carbocycles. The van der Waals surface area contributed by atoms with Gasteiger partial charge < -0.3 is 26.0 Å². The van der Waals surface area contributed by atoms with E-state index in [-0.39, 0.29) is 71.5 Å². The highest BCUT2D eigenvalue weighted by Crippen LogP contribution is 2.53. The number of thioether (sulfide) groups is 1. The van der Waals surface area contributed by atoms with Crippen LogP contribution in [0.1, 0.15) is 39.5 Å². The van der Waals surface area contributed by atoms with Crippen LogP contribution in [0.15, 0.2) is 16.9 Å². The summed E-state index contributed by atoms with van der Waals surface area (Å²) >= 11 is 1.48. The van der Waals surface area contributed by atoms with E-state index in [0.717, 1.165) is 12.8 Å². The minimum Gasteiger partial charge on any atom is -0.477 e. The van der Waals surface area contributed by atoms with Crippen LogP contribution in [0.3, 0.4) is 0 Å². The molecule has 1 saturated carbocycles. The molecule has 0 spiro atoms. The number of carboxylic acids is 1. The van der Waals surface area contributed by atoms with Gasteiger partial charge in [-0.1, -0.05) is 13.8 Å². The summed E-state index contributed by atoms with van der Waals surface area (Å²) in [5.74, 6) is -1.45. The summed E-state index contributed by atoms with van der Waals surface area (Å²) < 4.78 is 1.35. The number of carbonyl (C=O) groups is 4. The molecule has 5 aliphatic rings. The number of carbonyl (C=O) groups excluding carboxylic acids is 3. The summed E-state index contributed by atoms with van der Waals surface area (Å²) in [6.07, 6.45) is 4.32. The minimum atomic E-state index is -1.12. The van der Waals surface area contributed by atoms with Gasteiger partial charge in [0.15, 0.2) is 5.78 Å². The maximum Gasteiger partial charge on any atom is 0.353 e.